The zero-order valence-corrected chi connectivity index (χ0v) is 23.4. The molecule has 1 saturated carbocycles. The van der Waals surface area contributed by atoms with Crippen LogP contribution in [0, 0.1) is 28.5 Å². The zero-order valence-electron chi connectivity index (χ0n) is 22.6. The Morgan fingerprint density at radius 1 is 1.07 bits per heavy atom. The van der Waals surface area contributed by atoms with Gasteiger partial charge in [0, 0.05) is 17.3 Å². The lowest BCUT2D eigenvalue weighted by atomic mass is 9.56. The van der Waals surface area contributed by atoms with Crippen LogP contribution < -0.4 is 0 Å². The molecule has 4 aromatic rings. The van der Waals surface area contributed by atoms with Crippen molar-refractivity contribution in [2.75, 3.05) is 0 Å². The van der Waals surface area contributed by atoms with Gasteiger partial charge in [0.15, 0.2) is 15.6 Å². The van der Waals surface area contributed by atoms with Gasteiger partial charge >= 0.3 is 6.18 Å². The second-order valence-corrected chi connectivity index (χ2v) is 13.3. The fourth-order valence-corrected chi connectivity index (χ4v) is 8.46. The molecule has 7 nitrogen and oxygen atoms in total. The van der Waals surface area contributed by atoms with Crippen molar-refractivity contribution >= 4 is 15.6 Å². The van der Waals surface area contributed by atoms with Gasteiger partial charge in [-0.2, -0.15) is 23.5 Å². The smallest absolute Gasteiger partial charge is 0.292 e. The first-order valence-electron chi connectivity index (χ1n) is 13.6. The molecule has 12 heteroatoms. The molecule has 0 amide bonds. The highest BCUT2D eigenvalue weighted by Crippen LogP contribution is 2.53. The molecule has 0 saturated heterocycles. The van der Waals surface area contributed by atoms with Gasteiger partial charge in [-0.25, -0.2) is 17.5 Å². The Balaban J connectivity index is 1.45. The predicted molar refractivity (Wildman–Crippen MR) is 146 cm³/mol. The summed E-state index contributed by atoms with van der Waals surface area (Å²) < 4.78 is 83.7. The summed E-state index contributed by atoms with van der Waals surface area (Å²) in [6.45, 7) is 0. The summed E-state index contributed by atoms with van der Waals surface area (Å²) >= 11 is 0. The minimum atomic E-state index is -4.70. The minimum absolute atomic E-state index is 0.0459. The summed E-state index contributed by atoms with van der Waals surface area (Å²) in [4.78, 5) is 18.3. The molecule has 0 N–H and O–H groups in total. The maximum Gasteiger partial charge on any atom is 0.416 e. The number of hydrogen-bond acceptors (Lipinski definition) is 6. The molecule has 2 heterocycles. The van der Waals surface area contributed by atoms with E-state index in [9.17, 15) is 36.0 Å². The van der Waals surface area contributed by atoms with E-state index in [0.717, 1.165) is 24.0 Å². The van der Waals surface area contributed by atoms with Crippen molar-refractivity contribution in [1.82, 2.24) is 14.8 Å². The number of halogens is 4. The number of sulfone groups is 1. The van der Waals surface area contributed by atoms with Gasteiger partial charge in [0.05, 0.1) is 39.2 Å². The molecule has 220 valence electrons. The SMILES string of the molecule is N#Cc1cccc(S(=O)(=O)[C@@H]2CCC3Cc4c(cnn4-c4ccc(F)cc4)C[C@]3(C(=O)c3cc(C(F)(F)F)ccn3)C2)c1. The van der Waals surface area contributed by atoms with E-state index in [1.807, 2.05) is 6.07 Å². The normalized spacial score (nSPS) is 21.8. The van der Waals surface area contributed by atoms with E-state index >= 15 is 0 Å². The van der Waals surface area contributed by atoms with Crippen LogP contribution in [0.3, 0.4) is 0 Å². The van der Waals surface area contributed by atoms with E-state index in [4.69, 9.17) is 0 Å². The third-order valence-electron chi connectivity index (χ3n) is 8.69. The molecule has 2 aliphatic rings. The minimum Gasteiger partial charge on any atom is -0.292 e. The number of hydrogen-bond donors (Lipinski definition) is 0. The Kier molecular flexibility index (Phi) is 6.96. The second kappa shape index (κ2) is 10.4. The van der Waals surface area contributed by atoms with Gasteiger partial charge in [-0.1, -0.05) is 6.07 Å². The molecule has 6 rings (SSSR count). The Bertz CT molecular complexity index is 1880. The van der Waals surface area contributed by atoms with E-state index < -0.39 is 49.8 Å². The van der Waals surface area contributed by atoms with Gasteiger partial charge in [-0.05, 0) is 98.2 Å². The molecular formula is C31H24F4N4O3S. The first kappa shape index (κ1) is 28.7. The van der Waals surface area contributed by atoms with Gasteiger partial charge in [0.2, 0.25) is 0 Å². The average Bonchev–Trinajstić information content (AvgIpc) is 3.41. The van der Waals surface area contributed by atoms with E-state index in [1.54, 1.807) is 23.0 Å². The number of carbonyl (C=O) groups excluding carboxylic acids is 1. The number of nitrogens with zero attached hydrogens (tertiary/aromatic N) is 4. The van der Waals surface area contributed by atoms with Crippen LogP contribution in [-0.2, 0) is 28.9 Å². The van der Waals surface area contributed by atoms with Crippen molar-refractivity contribution in [1.29, 1.82) is 5.26 Å². The summed E-state index contributed by atoms with van der Waals surface area (Å²) in [5.41, 5.74) is -0.556. The van der Waals surface area contributed by atoms with Crippen LogP contribution >= 0.6 is 0 Å². The number of pyridine rings is 1. The monoisotopic (exact) mass is 608 g/mol. The lowest BCUT2D eigenvalue weighted by Crippen LogP contribution is -2.51. The van der Waals surface area contributed by atoms with Crippen LogP contribution in [-0.4, -0.2) is 34.2 Å². The standard InChI is InChI=1S/C31H24F4N4O3S/c32-23-5-7-24(8-6-23)39-28-14-21-4-9-26(43(41,42)25-3-1-2-19(12-25)17-36)16-30(21,15-20(28)18-38-39)29(40)27-13-22(10-11-37-27)31(33,34)35/h1-3,5-8,10-13,18,21,26H,4,9,14-16H2/t21?,26-,30+/m1/s1. The molecule has 2 aromatic heterocycles. The number of rotatable bonds is 5. The average molecular weight is 609 g/mol. The maximum absolute atomic E-state index is 14.3. The Hall–Kier alpha value is -4.37. The van der Waals surface area contributed by atoms with Crippen LogP contribution in [0.2, 0.25) is 0 Å². The molecule has 2 aromatic carbocycles. The molecule has 0 bridgehead atoms. The highest BCUT2D eigenvalue weighted by atomic mass is 32.2. The second-order valence-electron chi connectivity index (χ2n) is 11.1. The largest absolute Gasteiger partial charge is 0.416 e. The number of ketones is 1. The van der Waals surface area contributed by atoms with E-state index in [0.29, 0.717) is 24.1 Å². The first-order valence-corrected chi connectivity index (χ1v) is 15.1. The highest BCUT2D eigenvalue weighted by Gasteiger charge is 2.55. The Morgan fingerprint density at radius 2 is 1.84 bits per heavy atom. The fourth-order valence-electron chi connectivity index (χ4n) is 6.55. The molecular weight excluding hydrogens is 584 g/mol. The number of Topliss-reactive ketones (excluding diaryl/α,β-unsaturated/α-hetero) is 1. The quantitative estimate of drug-likeness (QED) is 0.206. The Labute approximate surface area is 244 Å². The summed E-state index contributed by atoms with van der Waals surface area (Å²) in [6.07, 6.45) is -1.44. The van der Waals surface area contributed by atoms with Crippen LogP contribution in [0.1, 0.15) is 52.1 Å². The van der Waals surface area contributed by atoms with Gasteiger partial charge in [0.25, 0.3) is 0 Å². The molecule has 2 aliphatic carbocycles. The zero-order chi connectivity index (χ0) is 30.6. The molecule has 43 heavy (non-hydrogen) atoms. The van der Waals surface area contributed by atoms with Gasteiger partial charge in [0.1, 0.15) is 11.5 Å². The van der Waals surface area contributed by atoms with Crippen molar-refractivity contribution in [2.45, 2.75) is 48.4 Å². The van der Waals surface area contributed by atoms with Gasteiger partial charge in [-0.15, -0.1) is 0 Å². The number of carbonyl (C=O) groups is 1. The van der Waals surface area contributed by atoms with E-state index in [-0.39, 0.29) is 35.4 Å². The molecule has 0 spiro atoms. The number of alkyl halides is 3. The highest BCUT2D eigenvalue weighted by molar-refractivity contribution is 7.92. The number of fused-ring (bicyclic) bond motifs is 2. The lowest BCUT2D eigenvalue weighted by Gasteiger charge is -2.48. The topological polar surface area (TPSA) is 106 Å². The van der Waals surface area contributed by atoms with Crippen LogP contribution in [0.15, 0.2) is 78.0 Å². The maximum atomic E-state index is 14.3. The fraction of sp³-hybridized carbons (Fsp3) is 0.290. The third kappa shape index (κ3) is 5.01. The predicted octanol–water partition coefficient (Wildman–Crippen LogP) is 5.91. The summed E-state index contributed by atoms with van der Waals surface area (Å²) in [6, 6.07) is 14.8. The van der Waals surface area contributed by atoms with Crippen LogP contribution in [0.5, 0.6) is 0 Å². The van der Waals surface area contributed by atoms with Crippen molar-refractivity contribution in [3.63, 3.8) is 0 Å². The van der Waals surface area contributed by atoms with Gasteiger partial charge in [-0.3, -0.25) is 9.78 Å². The summed E-state index contributed by atoms with van der Waals surface area (Å²) in [5.74, 6) is -1.48. The van der Waals surface area contributed by atoms with E-state index in [1.165, 1.54) is 36.4 Å². The van der Waals surface area contributed by atoms with Crippen LogP contribution in [0.25, 0.3) is 5.69 Å². The molecule has 0 aliphatic heterocycles. The van der Waals surface area contributed by atoms with Crippen molar-refractivity contribution < 1.29 is 30.8 Å². The molecule has 1 fully saturated rings. The summed E-state index contributed by atoms with van der Waals surface area (Å²) in [5, 5.41) is 12.8. The Morgan fingerprint density at radius 3 is 2.56 bits per heavy atom. The van der Waals surface area contributed by atoms with E-state index in [2.05, 4.69) is 10.1 Å². The number of nitriles is 1. The van der Waals surface area contributed by atoms with Gasteiger partial charge < -0.3 is 0 Å². The summed E-state index contributed by atoms with van der Waals surface area (Å²) in [7, 11) is -4.01. The molecule has 3 atom stereocenters. The lowest BCUT2D eigenvalue weighted by molar-refractivity contribution is -0.137. The first-order chi connectivity index (χ1) is 20.4. The molecule has 1 unspecified atom stereocenters. The van der Waals surface area contributed by atoms with Crippen molar-refractivity contribution in [3.8, 4) is 11.8 Å². The number of benzene rings is 2. The van der Waals surface area contributed by atoms with Crippen molar-refractivity contribution in [3.05, 3.63) is 107 Å². The molecule has 0 radical (unpaired) electrons. The third-order valence-corrected chi connectivity index (χ3v) is 10.9. The number of aromatic nitrogens is 3. The van der Waals surface area contributed by atoms with Crippen LogP contribution in [0.4, 0.5) is 17.6 Å². The van der Waals surface area contributed by atoms with Crippen molar-refractivity contribution in [2.24, 2.45) is 11.3 Å².